The van der Waals surface area contributed by atoms with Gasteiger partial charge in [0, 0.05) is 47.1 Å². The quantitative estimate of drug-likeness (QED) is 0.121. The van der Waals surface area contributed by atoms with Crippen molar-refractivity contribution in [3.05, 3.63) is 66.8 Å². The predicted molar refractivity (Wildman–Crippen MR) is 163 cm³/mol. The molecule has 5 rings (SSSR count). The molecule has 1 aromatic carbocycles. The van der Waals surface area contributed by atoms with Crippen molar-refractivity contribution in [2.45, 2.75) is 19.8 Å². The number of carboxylic acid groups (broad SMARTS) is 1. The first kappa shape index (κ1) is 31.4. The monoisotopic (exact) mass is 618 g/mol. The third kappa shape index (κ3) is 7.39. The van der Waals surface area contributed by atoms with E-state index >= 15 is 0 Å². The van der Waals surface area contributed by atoms with E-state index in [0.29, 0.717) is 55.7 Å². The van der Waals surface area contributed by atoms with Crippen molar-refractivity contribution >= 4 is 33.9 Å². The van der Waals surface area contributed by atoms with E-state index in [9.17, 15) is 14.7 Å². The van der Waals surface area contributed by atoms with Crippen molar-refractivity contribution in [3.8, 4) is 22.9 Å². The van der Waals surface area contributed by atoms with Crippen LogP contribution in [0.5, 0.6) is 11.8 Å². The minimum Gasteiger partial charge on any atom is -0.475 e. The molecule has 5 aromatic rings. The van der Waals surface area contributed by atoms with Crippen molar-refractivity contribution in [1.29, 1.82) is 0 Å². The highest BCUT2D eigenvalue weighted by Gasteiger charge is 2.29. The molecule has 1 N–H and O–H groups in total. The first-order valence-electron chi connectivity index (χ1n) is 14.4. The fourth-order valence-electron chi connectivity index (χ4n) is 4.95. The minimum atomic E-state index is -1.06. The summed E-state index contributed by atoms with van der Waals surface area (Å²) in [5.41, 5.74) is 2.83. The van der Waals surface area contributed by atoms with Gasteiger partial charge in [-0.15, -0.1) is 0 Å². The first-order chi connectivity index (χ1) is 21.9. The number of pyridine rings is 2. The number of rotatable bonds is 15. The molecule has 0 fully saturated rings. The zero-order valence-corrected chi connectivity index (χ0v) is 25.2. The van der Waals surface area contributed by atoms with Crippen LogP contribution in [0, 0.1) is 5.92 Å². The molecule has 1 atom stereocenters. The Labute approximate surface area is 258 Å². The molecule has 0 bridgehead atoms. The van der Waals surface area contributed by atoms with Crippen molar-refractivity contribution in [1.82, 2.24) is 19.7 Å². The lowest BCUT2D eigenvalue weighted by atomic mass is 9.93. The summed E-state index contributed by atoms with van der Waals surface area (Å²) < 4.78 is 33.6. The van der Waals surface area contributed by atoms with E-state index < -0.39 is 12.0 Å². The van der Waals surface area contributed by atoms with Gasteiger partial charge < -0.3 is 33.3 Å². The molecule has 45 heavy (non-hydrogen) atoms. The molecule has 0 saturated carbocycles. The Bertz CT molecular complexity index is 1750. The van der Waals surface area contributed by atoms with Gasteiger partial charge in [-0.2, -0.15) is 0 Å². The Morgan fingerprint density at radius 3 is 2.22 bits per heavy atom. The van der Waals surface area contributed by atoms with Crippen LogP contribution in [0.1, 0.15) is 25.5 Å². The number of methoxy groups -OCH3 is 1. The normalized spacial score (nSPS) is 12.1. The lowest BCUT2D eigenvalue weighted by Gasteiger charge is -2.14. The van der Waals surface area contributed by atoms with Crippen LogP contribution in [-0.2, 0) is 19.0 Å². The number of carbonyl (C=O) groups is 2. The zero-order valence-electron chi connectivity index (χ0n) is 25.2. The van der Waals surface area contributed by atoms with Crippen molar-refractivity contribution in [2.24, 2.45) is 5.92 Å². The predicted octanol–water partition coefficient (Wildman–Crippen LogP) is 5.17. The number of nitrogens with zero attached hydrogens (tertiary/aromatic N) is 4. The van der Waals surface area contributed by atoms with Crippen LogP contribution in [0.2, 0.25) is 0 Å². The van der Waals surface area contributed by atoms with Crippen molar-refractivity contribution in [2.75, 3.05) is 46.8 Å². The number of carbonyl (C=O) groups excluding carboxylic acids is 1. The van der Waals surface area contributed by atoms with Crippen LogP contribution in [0.25, 0.3) is 32.9 Å². The highest BCUT2D eigenvalue weighted by atomic mass is 16.6. The van der Waals surface area contributed by atoms with Gasteiger partial charge in [0.15, 0.2) is 5.76 Å². The molecule has 0 radical (unpaired) electrons. The summed E-state index contributed by atoms with van der Waals surface area (Å²) in [4.78, 5) is 32.5. The zero-order chi connectivity index (χ0) is 31.8. The summed E-state index contributed by atoms with van der Waals surface area (Å²) >= 11 is 0. The second-order valence-electron chi connectivity index (χ2n) is 10.4. The summed E-state index contributed by atoms with van der Waals surface area (Å²) in [7, 11) is 1.34. The fourth-order valence-corrected chi connectivity index (χ4v) is 4.95. The molecule has 0 aliphatic carbocycles. The number of benzene rings is 1. The lowest BCUT2D eigenvalue weighted by Crippen LogP contribution is -2.19. The molecule has 4 aromatic heterocycles. The molecule has 236 valence electrons. The van der Waals surface area contributed by atoms with Gasteiger partial charge in [0.05, 0.1) is 44.6 Å². The van der Waals surface area contributed by atoms with Gasteiger partial charge in [-0.05, 0) is 34.8 Å². The average molecular weight is 619 g/mol. The van der Waals surface area contributed by atoms with Crippen LogP contribution >= 0.6 is 0 Å². The highest BCUT2D eigenvalue weighted by Crippen LogP contribution is 2.32. The van der Waals surface area contributed by atoms with Crippen LogP contribution in [0.15, 0.2) is 65.6 Å². The van der Waals surface area contributed by atoms with Crippen LogP contribution in [0.3, 0.4) is 0 Å². The van der Waals surface area contributed by atoms with Gasteiger partial charge in [-0.3, -0.25) is 9.78 Å². The first-order valence-corrected chi connectivity index (χ1v) is 14.4. The summed E-state index contributed by atoms with van der Waals surface area (Å²) in [6.45, 7) is 5.80. The molecule has 0 saturated heterocycles. The summed E-state index contributed by atoms with van der Waals surface area (Å²) in [6, 6.07) is 12.6. The molecule has 4 heterocycles. The topological polar surface area (TPSA) is 157 Å². The van der Waals surface area contributed by atoms with Gasteiger partial charge in [-0.25, -0.2) is 14.3 Å². The van der Waals surface area contributed by atoms with E-state index in [0.717, 1.165) is 21.9 Å². The number of hydrogen-bond acceptors (Lipinski definition) is 11. The largest absolute Gasteiger partial charge is 0.475 e. The molecule has 13 heteroatoms. The summed E-state index contributed by atoms with van der Waals surface area (Å²) in [6.07, 6.45) is 3.88. The molecule has 0 aliphatic heterocycles. The Morgan fingerprint density at radius 1 is 0.844 bits per heavy atom. The number of esters is 1. The van der Waals surface area contributed by atoms with E-state index in [4.69, 9.17) is 28.2 Å². The summed E-state index contributed by atoms with van der Waals surface area (Å²) in [5, 5.41) is 15.3. The summed E-state index contributed by atoms with van der Waals surface area (Å²) in [5.74, 6) is 0.173. The van der Waals surface area contributed by atoms with E-state index in [1.165, 1.54) is 11.7 Å². The third-order valence-corrected chi connectivity index (χ3v) is 7.09. The van der Waals surface area contributed by atoms with Crippen LogP contribution < -0.4 is 9.47 Å². The molecule has 1 unspecified atom stereocenters. The fraction of sp³-hybridized carbons (Fsp3) is 0.344. The molecule has 0 amide bonds. The van der Waals surface area contributed by atoms with Crippen molar-refractivity contribution in [3.63, 3.8) is 0 Å². The Hall–Kier alpha value is -5.01. The standard InChI is InChI=1S/C32H34N4O9/c1-20(2)30(31(37)40-3)27-17-29(35-45-27)44-15-13-42-11-10-41-12-14-43-28-7-5-22(18-34-28)21-4-6-23-24-19-33-9-8-25(24)36(32(38)39)26(23)16-21/h4-9,16-20,30H,10-15H2,1-3H3,(H,38,39). The van der Waals surface area contributed by atoms with Gasteiger partial charge in [-0.1, -0.05) is 26.0 Å². The SMILES string of the molecule is COC(=O)C(c1cc(OCCOCCOCCOc2ccc(-c3ccc4c5cnccc5n(C(=O)O)c4c3)cn2)no1)C(C)C. The lowest BCUT2D eigenvalue weighted by molar-refractivity contribution is -0.144. The maximum atomic E-state index is 12.0. The van der Waals surface area contributed by atoms with E-state index in [-0.39, 0.29) is 24.4 Å². The number of aromatic nitrogens is 4. The molecular formula is C32H34N4O9. The molecule has 0 aliphatic rings. The minimum absolute atomic E-state index is 0.0160. The molecule has 0 spiro atoms. The smallest absolute Gasteiger partial charge is 0.416 e. The number of ether oxygens (including phenoxy) is 5. The van der Waals surface area contributed by atoms with E-state index in [2.05, 4.69) is 15.1 Å². The Balaban J connectivity index is 1.000. The van der Waals surface area contributed by atoms with Gasteiger partial charge in [0.25, 0.3) is 5.88 Å². The second-order valence-corrected chi connectivity index (χ2v) is 10.4. The third-order valence-electron chi connectivity index (χ3n) is 7.09. The molecular weight excluding hydrogens is 584 g/mol. The number of hydrogen-bond donors (Lipinski definition) is 1. The maximum absolute atomic E-state index is 12.0. The molecule has 13 nitrogen and oxygen atoms in total. The van der Waals surface area contributed by atoms with E-state index in [1.54, 1.807) is 36.8 Å². The van der Waals surface area contributed by atoms with Crippen LogP contribution in [-0.4, -0.2) is 83.6 Å². The van der Waals surface area contributed by atoms with E-state index in [1.807, 2.05) is 38.1 Å². The second kappa shape index (κ2) is 14.6. The maximum Gasteiger partial charge on any atom is 0.416 e. The number of fused-ring (bicyclic) bond motifs is 3. The van der Waals surface area contributed by atoms with Crippen LogP contribution in [0.4, 0.5) is 4.79 Å². The van der Waals surface area contributed by atoms with Gasteiger partial charge in [0.2, 0.25) is 5.88 Å². The Kier molecular flexibility index (Phi) is 10.2. The van der Waals surface area contributed by atoms with Crippen molar-refractivity contribution < 1.29 is 42.9 Å². The van der Waals surface area contributed by atoms with Gasteiger partial charge >= 0.3 is 12.1 Å². The highest BCUT2D eigenvalue weighted by molar-refractivity contribution is 6.12. The Morgan fingerprint density at radius 2 is 1.56 bits per heavy atom. The average Bonchev–Trinajstić information content (AvgIpc) is 3.64. The van der Waals surface area contributed by atoms with Gasteiger partial charge in [0.1, 0.15) is 19.1 Å².